The fourth-order valence-corrected chi connectivity index (χ4v) is 1.37. The molecule has 0 aliphatic carbocycles. The normalized spacial score (nSPS) is 23.4. The zero-order chi connectivity index (χ0) is 8.97. The van der Waals surface area contributed by atoms with Gasteiger partial charge in [0.1, 0.15) is 0 Å². The second kappa shape index (κ2) is 4.09. The van der Waals surface area contributed by atoms with E-state index in [0.717, 1.165) is 12.8 Å². The molecule has 1 atom stereocenters. The standard InChI is InChI=1S/C8H12NO3/c1-12-8(11)9-4-2-3-7(5-9)6-10/h7H,2-5H2,1H3. The number of hydrogen-bond acceptors (Lipinski definition) is 3. The third-order valence-corrected chi connectivity index (χ3v) is 2.02. The molecule has 1 unspecified atom stereocenters. The van der Waals surface area contributed by atoms with Gasteiger partial charge in [0.05, 0.1) is 7.11 Å². The number of methoxy groups -OCH3 is 1. The maximum Gasteiger partial charge on any atom is 0.409 e. The van der Waals surface area contributed by atoms with Crippen LogP contribution >= 0.6 is 0 Å². The lowest BCUT2D eigenvalue weighted by Gasteiger charge is -2.28. The third-order valence-electron chi connectivity index (χ3n) is 2.02. The van der Waals surface area contributed by atoms with Gasteiger partial charge in [-0.2, -0.15) is 0 Å². The monoisotopic (exact) mass is 170 g/mol. The van der Waals surface area contributed by atoms with Crippen LogP contribution in [-0.4, -0.2) is 37.5 Å². The topological polar surface area (TPSA) is 46.6 Å². The smallest absolute Gasteiger partial charge is 0.409 e. The molecule has 4 heteroatoms. The van der Waals surface area contributed by atoms with E-state index in [1.165, 1.54) is 7.11 Å². The second-order valence-corrected chi connectivity index (χ2v) is 2.87. The first-order valence-corrected chi connectivity index (χ1v) is 3.98. The van der Waals surface area contributed by atoms with Gasteiger partial charge < -0.3 is 9.64 Å². The van der Waals surface area contributed by atoms with Crippen LogP contribution in [0, 0.1) is 5.92 Å². The van der Waals surface area contributed by atoms with E-state index in [2.05, 4.69) is 4.74 Å². The molecule has 1 aliphatic heterocycles. The van der Waals surface area contributed by atoms with Crippen LogP contribution in [0.2, 0.25) is 0 Å². The molecular weight excluding hydrogens is 158 g/mol. The molecule has 0 bridgehead atoms. The molecule has 0 spiro atoms. The molecule has 1 saturated heterocycles. The molecule has 0 saturated carbocycles. The molecule has 0 aromatic heterocycles. The van der Waals surface area contributed by atoms with E-state index in [4.69, 9.17) is 0 Å². The van der Waals surface area contributed by atoms with Crippen molar-refractivity contribution in [3.05, 3.63) is 0 Å². The van der Waals surface area contributed by atoms with Crippen molar-refractivity contribution in [2.75, 3.05) is 20.2 Å². The van der Waals surface area contributed by atoms with Gasteiger partial charge in [-0.15, -0.1) is 0 Å². The highest BCUT2D eigenvalue weighted by Gasteiger charge is 2.23. The van der Waals surface area contributed by atoms with E-state index in [0.29, 0.717) is 13.1 Å². The van der Waals surface area contributed by atoms with Gasteiger partial charge in [0, 0.05) is 19.0 Å². The van der Waals surface area contributed by atoms with E-state index < -0.39 is 0 Å². The van der Waals surface area contributed by atoms with Gasteiger partial charge in [-0.1, -0.05) is 0 Å². The molecule has 0 aromatic carbocycles. The van der Waals surface area contributed by atoms with Crippen LogP contribution in [-0.2, 0) is 9.53 Å². The molecule has 1 rings (SSSR count). The molecule has 1 aliphatic rings. The van der Waals surface area contributed by atoms with E-state index in [-0.39, 0.29) is 12.0 Å². The van der Waals surface area contributed by atoms with Crippen LogP contribution in [0.3, 0.4) is 0 Å². The van der Waals surface area contributed by atoms with Gasteiger partial charge in [0.15, 0.2) is 0 Å². The molecule has 1 heterocycles. The average molecular weight is 170 g/mol. The fourth-order valence-electron chi connectivity index (χ4n) is 1.37. The number of likely N-dealkylation sites (tertiary alicyclic amines) is 1. The first-order valence-electron chi connectivity index (χ1n) is 3.98. The van der Waals surface area contributed by atoms with Crippen LogP contribution in [0.5, 0.6) is 0 Å². The summed E-state index contributed by atoms with van der Waals surface area (Å²) in [6.45, 7) is 1.14. The van der Waals surface area contributed by atoms with Gasteiger partial charge in [0.25, 0.3) is 0 Å². The number of carbonyl (C=O) groups is 1. The molecule has 1 amide bonds. The Labute approximate surface area is 71.5 Å². The lowest BCUT2D eigenvalue weighted by Crippen LogP contribution is -2.40. The summed E-state index contributed by atoms with van der Waals surface area (Å²) < 4.78 is 4.54. The minimum atomic E-state index is -0.352. The summed E-state index contributed by atoms with van der Waals surface area (Å²) in [4.78, 5) is 22.9. The Morgan fingerprint density at radius 2 is 2.42 bits per heavy atom. The van der Waals surface area contributed by atoms with E-state index in [1.54, 1.807) is 4.90 Å². The van der Waals surface area contributed by atoms with Crippen LogP contribution in [0.4, 0.5) is 4.79 Å². The summed E-state index contributed by atoms with van der Waals surface area (Å²) in [6, 6.07) is 0. The van der Waals surface area contributed by atoms with Crippen LogP contribution in [0.1, 0.15) is 12.8 Å². The summed E-state index contributed by atoms with van der Waals surface area (Å²) in [5, 5.41) is 0. The number of ether oxygens (including phenoxy) is 1. The van der Waals surface area contributed by atoms with E-state index >= 15 is 0 Å². The molecule has 0 aromatic rings. The van der Waals surface area contributed by atoms with Gasteiger partial charge in [-0.3, -0.25) is 4.79 Å². The largest absolute Gasteiger partial charge is 0.453 e. The van der Waals surface area contributed by atoms with Crippen molar-refractivity contribution in [3.63, 3.8) is 0 Å². The molecule has 1 fully saturated rings. The Balaban J connectivity index is 2.45. The first kappa shape index (κ1) is 9.03. The quantitative estimate of drug-likeness (QED) is 0.578. The lowest BCUT2D eigenvalue weighted by molar-refractivity contribution is 0.109. The van der Waals surface area contributed by atoms with Crippen molar-refractivity contribution >= 4 is 12.4 Å². The third kappa shape index (κ3) is 1.96. The Bertz CT molecular complexity index is 181. The lowest BCUT2D eigenvalue weighted by atomic mass is 10.0. The van der Waals surface area contributed by atoms with Gasteiger partial charge >= 0.3 is 6.09 Å². The number of nitrogens with zero attached hydrogens (tertiary/aromatic N) is 1. The van der Waals surface area contributed by atoms with Crippen molar-refractivity contribution in [1.29, 1.82) is 0 Å². The Morgan fingerprint density at radius 3 is 3.00 bits per heavy atom. The minimum Gasteiger partial charge on any atom is -0.453 e. The van der Waals surface area contributed by atoms with E-state index in [9.17, 15) is 9.59 Å². The SMILES string of the molecule is COC(=O)N1CCCC([C]=O)C1. The van der Waals surface area contributed by atoms with Crippen LogP contribution in [0.15, 0.2) is 0 Å². The van der Waals surface area contributed by atoms with Crippen LogP contribution in [0.25, 0.3) is 0 Å². The Morgan fingerprint density at radius 1 is 1.67 bits per heavy atom. The average Bonchev–Trinajstić information content (AvgIpc) is 2.17. The van der Waals surface area contributed by atoms with Crippen molar-refractivity contribution in [3.8, 4) is 0 Å². The number of piperidine rings is 1. The Hall–Kier alpha value is -1.06. The number of carbonyl (C=O) groups excluding carboxylic acids is 2. The zero-order valence-corrected chi connectivity index (χ0v) is 7.08. The van der Waals surface area contributed by atoms with Crippen molar-refractivity contribution in [1.82, 2.24) is 4.90 Å². The Kier molecular flexibility index (Phi) is 3.08. The molecule has 1 radical (unpaired) electrons. The van der Waals surface area contributed by atoms with Gasteiger partial charge in [-0.05, 0) is 12.8 Å². The molecule has 0 N–H and O–H groups in total. The maximum atomic E-state index is 11.0. The molecule has 12 heavy (non-hydrogen) atoms. The van der Waals surface area contributed by atoms with Crippen molar-refractivity contribution < 1.29 is 14.3 Å². The number of hydrogen-bond donors (Lipinski definition) is 0. The first-order chi connectivity index (χ1) is 5.77. The van der Waals surface area contributed by atoms with Crippen molar-refractivity contribution in [2.45, 2.75) is 12.8 Å². The highest BCUT2D eigenvalue weighted by atomic mass is 16.5. The highest BCUT2D eigenvalue weighted by molar-refractivity contribution is 5.68. The fraction of sp³-hybridized carbons (Fsp3) is 0.750. The van der Waals surface area contributed by atoms with Crippen molar-refractivity contribution in [2.24, 2.45) is 5.92 Å². The predicted molar refractivity (Wildman–Crippen MR) is 42.4 cm³/mol. The molecular formula is C8H12NO3. The molecule has 67 valence electrons. The van der Waals surface area contributed by atoms with Gasteiger partial charge in [0.2, 0.25) is 6.29 Å². The second-order valence-electron chi connectivity index (χ2n) is 2.87. The summed E-state index contributed by atoms with van der Waals surface area (Å²) in [5.74, 6) is -0.127. The number of rotatable bonds is 1. The number of amides is 1. The zero-order valence-electron chi connectivity index (χ0n) is 7.08. The molecule has 4 nitrogen and oxygen atoms in total. The summed E-state index contributed by atoms with van der Waals surface area (Å²) in [5.41, 5.74) is 0. The summed E-state index contributed by atoms with van der Waals surface area (Å²) in [6.07, 6.45) is 3.25. The van der Waals surface area contributed by atoms with E-state index in [1.807, 2.05) is 6.29 Å². The highest BCUT2D eigenvalue weighted by Crippen LogP contribution is 2.14. The predicted octanol–water partition coefficient (Wildman–Crippen LogP) is 0.575. The van der Waals surface area contributed by atoms with Gasteiger partial charge in [-0.25, -0.2) is 4.79 Å². The summed E-state index contributed by atoms with van der Waals surface area (Å²) in [7, 11) is 1.34. The maximum absolute atomic E-state index is 11.0. The summed E-state index contributed by atoms with van der Waals surface area (Å²) >= 11 is 0. The minimum absolute atomic E-state index is 0.127. The van der Waals surface area contributed by atoms with Crippen LogP contribution < -0.4 is 0 Å².